The molecule has 0 spiro atoms. The van der Waals surface area contributed by atoms with Crippen LogP contribution in [0.3, 0.4) is 0 Å². The molecule has 0 amide bonds. The van der Waals surface area contributed by atoms with Gasteiger partial charge in [-0.25, -0.2) is 0 Å². The third-order valence-corrected chi connectivity index (χ3v) is 4.50. The number of piperidine rings is 1. The predicted molar refractivity (Wildman–Crippen MR) is 82.0 cm³/mol. The second-order valence-electron chi connectivity index (χ2n) is 6.31. The summed E-state index contributed by atoms with van der Waals surface area (Å²) in [5.74, 6) is 2.00. The molecule has 108 valence electrons. The molecular weight excluding hydrogens is 218 g/mol. The molecular formula is C17H35N. The molecule has 18 heavy (non-hydrogen) atoms. The van der Waals surface area contributed by atoms with Gasteiger partial charge in [0, 0.05) is 0 Å². The summed E-state index contributed by atoms with van der Waals surface area (Å²) in [5.41, 5.74) is 0. The van der Waals surface area contributed by atoms with Gasteiger partial charge >= 0.3 is 0 Å². The molecule has 0 radical (unpaired) electrons. The van der Waals surface area contributed by atoms with E-state index in [0.717, 1.165) is 11.8 Å². The van der Waals surface area contributed by atoms with E-state index in [2.05, 4.69) is 19.2 Å². The lowest BCUT2D eigenvalue weighted by atomic mass is 9.83. The van der Waals surface area contributed by atoms with E-state index in [1.165, 1.54) is 83.7 Å². The van der Waals surface area contributed by atoms with Crippen molar-refractivity contribution in [3.63, 3.8) is 0 Å². The van der Waals surface area contributed by atoms with Gasteiger partial charge in [0.25, 0.3) is 0 Å². The van der Waals surface area contributed by atoms with Crippen LogP contribution in [0.25, 0.3) is 0 Å². The Morgan fingerprint density at radius 3 is 2.44 bits per heavy atom. The van der Waals surface area contributed by atoms with Crippen molar-refractivity contribution in [2.45, 2.75) is 84.5 Å². The Bertz CT molecular complexity index is 172. The van der Waals surface area contributed by atoms with Gasteiger partial charge in [0.05, 0.1) is 0 Å². The van der Waals surface area contributed by atoms with Crippen LogP contribution in [0.2, 0.25) is 0 Å². The Hall–Kier alpha value is -0.0400. The molecule has 0 aromatic carbocycles. The lowest BCUT2D eigenvalue weighted by Crippen LogP contribution is -2.31. The summed E-state index contributed by atoms with van der Waals surface area (Å²) in [5, 5.41) is 3.57. The smallest absolute Gasteiger partial charge is 0.00204 e. The minimum Gasteiger partial charge on any atom is -0.316 e. The van der Waals surface area contributed by atoms with Crippen LogP contribution in [-0.2, 0) is 0 Å². The van der Waals surface area contributed by atoms with Gasteiger partial charge in [-0.3, -0.25) is 0 Å². The van der Waals surface area contributed by atoms with Crippen molar-refractivity contribution in [1.82, 2.24) is 5.32 Å². The normalized spacial score (nSPS) is 22.0. The lowest BCUT2D eigenvalue weighted by molar-refractivity contribution is 0.274. The van der Waals surface area contributed by atoms with Crippen LogP contribution in [0, 0.1) is 11.8 Å². The number of hydrogen-bond donors (Lipinski definition) is 1. The van der Waals surface area contributed by atoms with Gasteiger partial charge in [-0.1, -0.05) is 65.2 Å². The average molecular weight is 253 g/mol. The number of rotatable bonds is 10. The Balaban J connectivity index is 2.20. The third-order valence-electron chi connectivity index (χ3n) is 4.50. The van der Waals surface area contributed by atoms with E-state index in [0.29, 0.717) is 0 Å². The van der Waals surface area contributed by atoms with Crippen LogP contribution in [0.5, 0.6) is 0 Å². The second kappa shape index (κ2) is 10.8. The van der Waals surface area contributed by atoms with E-state index >= 15 is 0 Å². The average Bonchev–Trinajstić information content (AvgIpc) is 2.41. The minimum absolute atomic E-state index is 0.979. The van der Waals surface area contributed by atoms with Gasteiger partial charge in [-0.2, -0.15) is 0 Å². The summed E-state index contributed by atoms with van der Waals surface area (Å²) in [6.07, 6.45) is 15.9. The molecule has 0 bridgehead atoms. The molecule has 0 aromatic heterocycles. The molecule has 2 atom stereocenters. The second-order valence-corrected chi connectivity index (χ2v) is 6.31. The van der Waals surface area contributed by atoms with Crippen molar-refractivity contribution < 1.29 is 0 Å². The van der Waals surface area contributed by atoms with E-state index in [4.69, 9.17) is 0 Å². The van der Waals surface area contributed by atoms with Gasteiger partial charge < -0.3 is 5.32 Å². The van der Waals surface area contributed by atoms with Crippen LogP contribution in [0.15, 0.2) is 0 Å². The highest BCUT2D eigenvalue weighted by Crippen LogP contribution is 2.27. The zero-order valence-corrected chi connectivity index (χ0v) is 12.8. The van der Waals surface area contributed by atoms with Crippen molar-refractivity contribution in [1.29, 1.82) is 0 Å². The zero-order chi connectivity index (χ0) is 13.1. The first kappa shape index (κ1) is 16.0. The summed E-state index contributed by atoms with van der Waals surface area (Å²) in [4.78, 5) is 0. The molecule has 1 heterocycles. The van der Waals surface area contributed by atoms with Gasteiger partial charge in [0.15, 0.2) is 0 Å². The van der Waals surface area contributed by atoms with Crippen molar-refractivity contribution >= 4 is 0 Å². The van der Waals surface area contributed by atoms with Gasteiger partial charge in [-0.05, 0) is 44.2 Å². The molecule has 1 aliphatic rings. The maximum atomic E-state index is 3.57. The molecule has 2 unspecified atom stereocenters. The summed E-state index contributed by atoms with van der Waals surface area (Å²) >= 11 is 0. The summed E-state index contributed by atoms with van der Waals surface area (Å²) in [6.45, 7) is 7.18. The zero-order valence-electron chi connectivity index (χ0n) is 12.8. The van der Waals surface area contributed by atoms with E-state index in [1.807, 2.05) is 0 Å². The highest BCUT2D eigenvalue weighted by Gasteiger charge is 2.18. The Kier molecular flexibility index (Phi) is 9.65. The fraction of sp³-hybridized carbons (Fsp3) is 1.00. The molecule has 1 aliphatic heterocycles. The number of nitrogens with one attached hydrogen (secondary N) is 1. The third kappa shape index (κ3) is 7.41. The summed E-state index contributed by atoms with van der Waals surface area (Å²) < 4.78 is 0. The molecule has 0 aromatic rings. The van der Waals surface area contributed by atoms with Gasteiger partial charge in [0.1, 0.15) is 0 Å². The first-order valence-corrected chi connectivity index (χ1v) is 8.57. The molecule has 1 fully saturated rings. The Morgan fingerprint density at radius 1 is 1.00 bits per heavy atom. The first-order chi connectivity index (χ1) is 8.86. The molecule has 1 heteroatoms. The number of hydrogen-bond acceptors (Lipinski definition) is 1. The predicted octanol–water partition coefficient (Wildman–Crippen LogP) is 5.15. The Labute approximate surface area is 115 Å². The summed E-state index contributed by atoms with van der Waals surface area (Å²) in [6, 6.07) is 0. The first-order valence-electron chi connectivity index (χ1n) is 8.57. The van der Waals surface area contributed by atoms with Gasteiger partial charge in [0.2, 0.25) is 0 Å². The molecule has 1 nitrogen and oxygen atoms in total. The molecule has 1 rings (SSSR count). The van der Waals surface area contributed by atoms with Crippen LogP contribution < -0.4 is 5.32 Å². The lowest BCUT2D eigenvalue weighted by Gasteiger charge is -2.27. The minimum atomic E-state index is 0.979. The van der Waals surface area contributed by atoms with Crippen molar-refractivity contribution in [2.24, 2.45) is 11.8 Å². The maximum Gasteiger partial charge on any atom is -0.00204 e. The van der Waals surface area contributed by atoms with Crippen LogP contribution in [-0.4, -0.2) is 13.1 Å². The maximum absolute atomic E-state index is 3.57. The van der Waals surface area contributed by atoms with E-state index < -0.39 is 0 Å². The van der Waals surface area contributed by atoms with E-state index in [1.54, 1.807) is 0 Å². The SMILES string of the molecule is CCCCCCC(CCCC)CC1CCCNC1. The fourth-order valence-corrected chi connectivity index (χ4v) is 3.33. The highest BCUT2D eigenvalue weighted by atomic mass is 14.9. The Morgan fingerprint density at radius 2 is 1.78 bits per heavy atom. The van der Waals surface area contributed by atoms with E-state index in [-0.39, 0.29) is 0 Å². The topological polar surface area (TPSA) is 12.0 Å². The number of unbranched alkanes of at least 4 members (excludes halogenated alkanes) is 4. The monoisotopic (exact) mass is 253 g/mol. The van der Waals surface area contributed by atoms with Crippen LogP contribution >= 0.6 is 0 Å². The molecule has 0 aliphatic carbocycles. The van der Waals surface area contributed by atoms with E-state index in [9.17, 15) is 0 Å². The van der Waals surface area contributed by atoms with Crippen molar-refractivity contribution in [3.8, 4) is 0 Å². The van der Waals surface area contributed by atoms with Crippen molar-refractivity contribution in [2.75, 3.05) is 13.1 Å². The molecule has 1 N–H and O–H groups in total. The quantitative estimate of drug-likeness (QED) is 0.531. The van der Waals surface area contributed by atoms with Gasteiger partial charge in [-0.15, -0.1) is 0 Å². The largest absolute Gasteiger partial charge is 0.316 e. The standard InChI is InChI=1S/C17H35N/c1-3-5-7-8-11-16(10-6-4-2)14-17-12-9-13-18-15-17/h16-18H,3-15H2,1-2H3. The molecule has 0 saturated carbocycles. The van der Waals surface area contributed by atoms with Crippen LogP contribution in [0.4, 0.5) is 0 Å². The molecule has 1 saturated heterocycles. The summed E-state index contributed by atoms with van der Waals surface area (Å²) in [7, 11) is 0. The fourth-order valence-electron chi connectivity index (χ4n) is 3.33. The highest BCUT2D eigenvalue weighted by molar-refractivity contribution is 4.73. The van der Waals surface area contributed by atoms with Crippen molar-refractivity contribution in [3.05, 3.63) is 0 Å². The van der Waals surface area contributed by atoms with Crippen LogP contribution in [0.1, 0.15) is 84.5 Å².